The van der Waals surface area contributed by atoms with Crippen LogP contribution in [-0.2, 0) is 42.9 Å². The SMILES string of the molecule is COC(=O)c1cc([N+](=O)[O-])cc([N+](=O)[O-])c1O[C@H]1O[C@H](COC(C)=O)[C@@H](OC(C)=O)[C@H](OC(C)=O)[C@H]1NC(=O)C(F)(F)F. The van der Waals surface area contributed by atoms with Crippen molar-refractivity contribution in [2.45, 2.75) is 57.6 Å². The monoisotopic (exact) mass is 625 g/mol. The van der Waals surface area contributed by atoms with E-state index in [2.05, 4.69) is 4.74 Å². The van der Waals surface area contributed by atoms with E-state index in [1.165, 1.54) is 5.32 Å². The lowest BCUT2D eigenvalue weighted by atomic mass is 9.95. The second kappa shape index (κ2) is 13.7. The van der Waals surface area contributed by atoms with Crippen molar-refractivity contribution in [3.8, 4) is 5.75 Å². The smallest absolute Gasteiger partial charge is 0.465 e. The molecule has 1 aliphatic heterocycles. The number of nitro benzene ring substituents is 2. The molecule has 18 nitrogen and oxygen atoms in total. The Balaban J connectivity index is 2.83. The number of nitrogens with one attached hydrogen (secondary N) is 1. The number of halogens is 3. The Kier molecular flexibility index (Phi) is 10.9. The summed E-state index contributed by atoms with van der Waals surface area (Å²) in [6, 6.07) is -1.48. The van der Waals surface area contributed by atoms with Crippen molar-refractivity contribution in [1.82, 2.24) is 5.32 Å². The highest BCUT2D eigenvalue weighted by molar-refractivity contribution is 5.95. The fourth-order valence-corrected chi connectivity index (χ4v) is 3.73. The summed E-state index contributed by atoms with van der Waals surface area (Å²) in [7, 11) is 0.788. The van der Waals surface area contributed by atoms with E-state index in [-0.39, 0.29) is 0 Å². The van der Waals surface area contributed by atoms with Crippen LogP contribution >= 0.6 is 0 Å². The number of methoxy groups -OCH3 is 1. The fourth-order valence-electron chi connectivity index (χ4n) is 3.73. The minimum absolute atomic E-state index is 0.343. The van der Waals surface area contributed by atoms with E-state index in [1.54, 1.807) is 0 Å². The van der Waals surface area contributed by atoms with Gasteiger partial charge in [-0.3, -0.25) is 39.4 Å². The molecule has 1 heterocycles. The van der Waals surface area contributed by atoms with E-state index >= 15 is 0 Å². The van der Waals surface area contributed by atoms with E-state index in [4.69, 9.17) is 23.7 Å². The summed E-state index contributed by atoms with van der Waals surface area (Å²) in [5.74, 6) is -8.48. The third-order valence-corrected chi connectivity index (χ3v) is 5.36. The maximum absolute atomic E-state index is 13.3. The van der Waals surface area contributed by atoms with Crippen LogP contribution in [0.25, 0.3) is 0 Å². The lowest BCUT2D eigenvalue weighted by molar-refractivity contribution is -0.395. The van der Waals surface area contributed by atoms with Crippen LogP contribution in [0, 0.1) is 20.2 Å². The van der Waals surface area contributed by atoms with Crippen molar-refractivity contribution < 1.29 is 75.4 Å². The minimum Gasteiger partial charge on any atom is -0.465 e. The minimum atomic E-state index is -5.58. The van der Waals surface area contributed by atoms with Crippen LogP contribution in [0.3, 0.4) is 0 Å². The van der Waals surface area contributed by atoms with E-state index in [9.17, 15) is 57.4 Å². The molecule has 21 heteroatoms. The van der Waals surface area contributed by atoms with Gasteiger partial charge in [0, 0.05) is 26.8 Å². The van der Waals surface area contributed by atoms with E-state index < -0.39 is 106 Å². The Morgan fingerprint density at radius 1 is 0.953 bits per heavy atom. The number of benzene rings is 1. The Labute approximate surface area is 237 Å². The number of hydrogen-bond donors (Lipinski definition) is 1. The molecule has 236 valence electrons. The predicted molar refractivity (Wildman–Crippen MR) is 126 cm³/mol. The lowest BCUT2D eigenvalue weighted by Crippen LogP contribution is -2.68. The van der Waals surface area contributed by atoms with Crippen LogP contribution in [0.4, 0.5) is 24.5 Å². The average Bonchev–Trinajstić information content (AvgIpc) is 2.88. The maximum atomic E-state index is 13.3. The zero-order valence-electron chi connectivity index (χ0n) is 22.4. The van der Waals surface area contributed by atoms with Gasteiger partial charge in [-0.1, -0.05) is 0 Å². The van der Waals surface area contributed by atoms with Gasteiger partial charge in [-0.05, 0) is 0 Å². The highest BCUT2D eigenvalue weighted by Gasteiger charge is 2.54. The van der Waals surface area contributed by atoms with Gasteiger partial charge in [-0.15, -0.1) is 0 Å². The summed E-state index contributed by atoms with van der Waals surface area (Å²) in [5, 5.41) is 24.6. The number of carbonyl (C=O) groups is 5. The van der Waals surface area contributed by atoms with Crippen LogP contribution < -0.4 is 10.1 Å². The molecule has 5 atom stereocenters. The first-order valence-electron chi connectivity index (χ1n) is 11.6. The van der Waals surface area contributed by atoms with Gasteiger partial charge in [-0.25, -0.2) is 4.79 Å². The Bertz CT molecular complexity index is 1320. The second-order valence-corrected chi connectivity index (χ2v) is 8.46. The predicted octanol–water partition coefficient (Wildman–Crippen LogP) is 0.867. The molecule has 0 radical (unpaired) electrons. The van der Waals surface area contributed by atoms with Crippen molar-refractivity contribution in [2.75, 3.05) is 13.7 Å². The van der Waals surface area contributed by atoms with E-state index in [0.29, 0.717) is 12.1 Å². The molecular weight excluding hydrogens is 603 g/mol. The summed E-state index contributed by atoms with van der Waals surface area (Å²) in [6.07, 6.45) is -13.7. The molecule has 0 unspecified atom stereocenters. The molecule has 43 heavy (non-hydrogen) atoms. The van der Waals surface area contributed by atoms with Gasteiger partial charge in [0.15, 0.2) is 12.2 Å². The van der Waals surface area contributed by atoms with Gasteiger partial charge in [0.2, 0.25) is 12.0 Å². The molecule has 0 aliphatic carbocycles. The number of nitro groups is 2. The number of ether oxygens (including phenoxy) is 6. The van der Waals surface area contributed by atoms with Crippen molar-refractivity contribution >= 4 is 41.2 Å². The lowest BCUT2D eigenvalue weighted by Gasteiger charge is -2.44. The van der Waals surface area contributed by atoms with E-state index in [1.807, 2.05) is 0 Å². The van der Waals surface area contributed by atoms with Gasteiger partial charge >= 0.3 is 41.6 Å². The molecule has 1 aliphatic rings. The fraction of sp³-hybridized carbons (Fsp3) is 0.500. The molecule has 1 N–H and O–H groups in total. The molecule has 1 aromatic carbocycles. The van der Waals surface area contributed by atoms with Crippen molar-refractivity contribution in [3.05, 3.63) is 37.9 Å². The van der Waals surface area contributed by atoms with Crippen molar-refractivity contribution in [1.29, 1.82) is 0 Å². The van der Waals surface area contributed by atoms with Crippen molar-refractivity contribution in [2.24, 2.45) is 0 Å². The van der Waals surface area contributed by atoms with Crippen molar-refractivity contribution in [3.63, 3.8) is 0 Å². The first kappa shape index (κ1) is 34.1. The van der Waals surface area contributed by atoms with Crippen LogP contribution in [0.5, 0.6) is 5.75 Å². The number of nitrogens with zero attached hydrogens (tertiary/aromatic N) is 2. The Morgan fingerprint density at radius 3 is 2.00 bits per heavy atom. The summed E-state index contributed by atoms with van der Waals surface area (Å²) >= 11 is 0. The average molecular weight is 625 g/mol. The molecule has 0 spiro atoms. The molecule has 0 aromatic heterocycles. The highest BCUT2D eigenvalue weighted by atomic mass is 19.4. The summed E-state index contributed by atoms with van der Waals surface area (Å²) < 4.78 is 70.2. The molecule has 1 aromatic rings. The zero-order valence-corrected chi connectivity index (χ0v) is 22.4. The highest BCUT2D eigenvalue weighted by Crippen LogP contribution is 2.39. The number of carbonyl (C=O) groups excluding carboxylic acids is 5. The molecule has 0 bridgehead atoms. The van der Waals surface area contributed by atoms with Crippen LogP contribution in [0.2, 0.25) is 0 Å². The third kappa shape index (κ3) is 8.70. The molecule has 1 amide bonds. The van der Waals surface area contributed by atoms with Gasteiger partial charge in [0.25, 0.3) is 5.69 Å². The molecule has 1 saturated heterocycles. The first-order chi connectivity index (χ1) is 19.9. The molecule has 1 fully saturated rings. The van der Waals surface area contributed by atoms with Crippen LogP contribution in [-0.4, -0.2) is 90.2 Å². The number of alkyl halides is 3. The summed E-state index contributed by atoms with van der Waals surface area (Å²) in [5.41, 5.74) is -3.25. The molecule has 0 saturated carbocycles. The van der Waals surface area contributed by atoms with Gasteiger partial charge in [-0.2, -0.15) is 13.2 Å². The van der Waals surface area contributed by atoms with Crippen LogP contribution in [0.15, 0.2) is 12.1 Å². The number of hydrogen-bond acceptors (Lipinski definition) is 15. The topological polar surface area (TPSA) is 239 Å². The van der Waals surface area contributed by atoms with Gasteiger partial charge < -0.3 is 33.7 Å². The van der Waals surface area contributed by atoms with Gasteiger partial charge in [0.1, 0.15) is 24.3 Å². The third-order valence-electron chi connectivity index (χ3n) is 5.36. The van der Waals surface area contributed by atoms with Crippen LogP contribution in [0.1, 0.15) is 31.1 Å². The number of amides is 1. The summed E-state index contributed by atoms with van der Waals surface area (Å²) in [4.78, 5) is 80.5. The largest absolute Gasteiger partial charge is 0.471 e. The standard InChI is InChI=1S/C22H22F3N3O15/c1-8(29)39-7-14-17(40-9(2)30)18(41-10(3)31)15(26-21(33)22(23,24)25)20(42-14)43-16-12(19(32)38-4)5-11(27(34)35)6-13(16)28(36)37/h5-6,14-15,17-18,20H,7H2,1-4H3,(H,26,33)/t14-,15-,17-,18-,20-/m1/s1. The quantitative estimate of drug-likeness (QED) is 0.164. The van der Waals surface area contributed by atoms with Gasteiger partial charge in [0.05, 0.1) is 23.0 Å². The van der Waals surface area contributed by atoms with E-state index in [0.717, 1.165) is 27.9 Å². The first-order valence-corrected chi connectivity index (χ1v) is 11.6. The molecule has 2 rings (SSSR count). The number of non-ortho nitro benzene ring substituents is 1. The second-order valence-electron chi connectivity index (χ2n) is 8.46. The Morgan fingerprint density at radius 2 is 1.53 bits per heavy atom. The normalized spacial score (nSPS) is 21.5. The zero-order chi connectivity index (χ0) is 32.8. The number of esters is 4. The maximum Gasteiger partial charge on any atom is 0.471 e. The molecular formula is C22H22F3N3O15. The summed E-state index contributed by atoms with van der Waals surface area (Å²) in [6.45, 7) is 1.74. The Hall–Kier alpha value is -5.08. The number of rotatable bonds is 10.